The number of halogens is 2. The average Bonchev–Trinajstić information content (AvgIpc) is 2.39. The van der Waals surface area contributed by atoms with Crippen LogP contribution in [0.15, 0.2) is 23.3 Å². The van der Waals surface area contributed by atoms with Crippen LogP contribution in [0.2, 0.25) is 5.02 Å². The minimum Gasteiger partial charge on any atom is -0.348 e. The van der Waals surface area contributed by atoms with Crippen molar-refractivity contribution in [2.24, 2.45) is 11.0 Å². The molecule has 0 radical (unpaired) electrons. The van der Waals surface area contributed by atoms with Crippen molar-refractivity contribution in [1.82, 2.24) is 10.7 Å². The lowest BCUT2D eigenvalue weighted by Gasteiger charge is -2.05. The summed E-state index contributed by atoms with van der Waals surface area (Å²) in [6.07, 6.45) is 1.05. The molecule has 1 rings (SSSR count). The molecule has 0 aliphatic heterocycles. The molecule has 1 aromatic rings. The second kappa shape index (κ2) is 7.59. The van der Waals surface area contributed by atoms with Crippen LogP contribution in [0, 0.1) is 11.7 Å². The highest BCUT2D eigenvalue weighted by atomic mass is 35.5. The Kier molecular flexibility index (Phi) is 6.11. The van der Waals surface area contributed by atoms with Crippen molar-refractivity contribution in [3.05, 3.63) is 34.6 Å². The first-order valence-electron chi connectivity index (χ1n) is 5.97. The summed E-state index contributed by atoms with van der Waals surface area (Å²) in [6.45, 7) is 4.18. The first kappa shape index (κ1) is 16.1. The lowest BCUT2D eigenvalue weighted by molar-refractivity contribution is -0.139. The van der Waals surface area contributed by atoms with Gasteiger partial charge in [0.15, 0.2) is 0 Å². The van der Waals surface area contributed by atoms with Crippen LogP contribution < -0.4 is 10.7 Å². The molecular formula is C13H15ClFN3O2. The van der Waals surface area contributed by atoms with E-state index in [0.717, 1.165) is 6.21 Å². The zero-order valence-electron chi connectivity index (χ0n) is 11.1. The van der Waals surface area contributed by atoms with Gasteiger partial charge in [-0.3, -0.25) is 9.59 Å². The first-order chi connectivity index (χ1) is 9.41. The Morgan fingerprint density at radius 3 is 2.70 bits per heavy atom. The zero-order valence-corrected chi connectivity index (χ0v) is 11.9. The van der Waals surface area contributed by atoms with Crippen LogP contribution in [0.25, 0.3) is 0 Å². The highest BCUT2D eigenvalue weighted by Gasteiger charge is 2.12. The molecule has 20 heavy (non-hydrogen) atoms. The molecule has 0 heterocycles. The zero-order chi connectivity index (χ0) is 15.1. The molecule has 0 atom stereocenters. The van der Waals surface area contributed by atoms with E-state index in [1.54, 1.807) is 0 Å². The van der Waals surface area contributed by atoms with Gasteiger partial charge < -0.3 is 5.32 Å². The van der Waals surface area contributed by atoms with Crippen LogP contribution in [0.1, 0.15) is 19.4 Å². The average molecular weight is 300 g/mol. The van der Waals surface area contributed by atoms with Crippen LogP contribution in [-0.2, 0) is 9.59 Å². The number of nitrogens with one attached hydrogen (secondary N) is 2. The fraction of sp³-hybridized carbons (Fsp3) is 0.308. The third-order valence-corrected chi connectivity index (χ3v) is 2.57. The van der Waals surface area contributed by atoms with Gasteiger partial charge in [-0.05, 0) is 18.1 Å². The Hall–Kier alpha value is -1.95. The van der Waals surface area contributed by atoms with Crippen molar-refractivity contribution in [1.29, 1.82) is 0 Å². The van der Waals surface area contributed by atoms with Gasteiger partial charge in [-0.25, -0.2) is 9.82 Å². The van der Waals surface area contributed by atoms with Gasteiger partial charge in [0.1, 0.15) is 5.82 Å². The van der Waals surface area contributed by atoms with E-state index in [1.165, 1.54) is 18.2 Å². The van der Waals surface area contributed by atoms with Gasteiger partial charge >= 0.3 is 11.8 Å². The largest absolute Gasteiger partial charge is 0.348 e. The number of carbonyl (C=O) groups excluding carboxylic acids is 2. The summed E-state index contributed by atoms with van der Waals surface area (Å²) in [7, 11) is 0. The maximum Gasteiger partial charge on any atom is 0.329 e. The van der Waals surface area contributed by atoms with Crippen LogP contribution >= 0.6 is 11.6 Å². The second-order valence-electron chi connectivity index (χ2n) is 4.44. The molecule has 0 saturated carbocycles. The molecule has 108 valence electrons. The van der Waals surface area contributed by atoms with Crippen molar-refractivity contribution < 1.29 is 14.0 Å². The fourth-order valence-electron chi connectivity index (χ4n) is 1.22. The normalized spacial score (nSPS) is 10.8. The molecule has 0 saturated heterocycles. The van der Waals surface area contributed by atoms with Gasteiger partial charge in [0, 0.05) is 12.1 Å². The van der Waals surface area contributed by atoms with E-state index in [2.05, 4.69) is 10.4 Å². The number of hydrogen-bond donors (Lipinski definition) is 2. The molecule has 0 aromatic heterocycles. The van der Waals surface area contributed by atoms with E-state index in [-0.39, 0.29) is 16.5 Å². The maximum atomic E-state index is 13.4. The quantitative estimate of drug-likeness (QED) is 0.505. The van der Waals surface area contributed by atoms with Crippen molar-refractivity contribution in [3.63, 3.8) is 0 Å². The molecule has 0 aliphatic carbocycles. The summed E-state index contributed by atoms with van der Waals surface area (Å²) in [6, 6.07) is 4.15. The summed E-state index contributed by atoms with van der Waals surface area (Å²) >= 11 is 5.77. The van der Waals surface area contributed by atoms with E-state index in [9.17, 15) is 14.0 Å². The summed E-state index contributed by atoms with van der Waals surface area (Å²) in [5, 5.41) is 6.09. The number of carbonyl (C=O) groups is 2. The number of hydrogen-bond acceptors (Lipinski definition) is 3. The standard InChI is InChI=1S/C13H15ClFN3O2/c1-8(2)6-16-12(19)13(20)18-17-7-9-10(14)4-3-5-11(9)15/h3-5,7-8H,6H2,1-2H3,(H,16,19)(H,18,20)/b17-7+. The minimum absolute atomic E-state index is 0.0389. The first-order valence-corrected chi connectivity index (χ1v) is 6.35. The van der Waals surface area contributed by atoms with Gasteiger partial charge in [0.05, 0.1) is 11.2 Å². The van der Waals surface area contributed by atoms with Crippen LogP contribution in [0.3, 0.4) is 0 Å². The molecular weight excluding hydrogens is 285 g/mol. The number of benzene rings is 1. The topological polar surface area (TPSA) is 70.6 Å². The molecule has 2 amide bonds. The Bertz CT molecular complexity index is 512. The molecule has 7 heteroatoms. The molecule has 0 aliphatic rings. The SMILES string of the molecule is CC(C)CNC(=O)C(=O)N/N=C/c1c(F)cccc1Cl. The van der Waals surface area contributed by atoms with E-state index < -0.39 is 17.6 Å². The van der Waals surface area contributed by atoms with Gasteiger partial charge in [0.25, 0.3) is 0 Å². The van der Waals surface area contributed by atoms with Gasteiger partial charge in [0.2, 0.25) is 0 Å². The molecule has 1 aromatic carbocycles. The van der Waals surface area contributed by atoms with Crippen molar-refractivity contribution in [2.45, 2.75) is 13.8 Å². The molecule has 0 fully saturated rings. The Balaban J connectivity index is 2.56. The second-order valence-corrected chi connectivity index (χ2v) is 4.85. The monoisotopic (exact) mass is 299 g/mol. The summed E-state index contributed by atoms with van der Waals surface area (Å²) in [4.78, 5) is 22.7. The van der Waals surface area contributed by atoms with Gasteiger partial charge in [-0.2, -0.15) is 5.10 Å². The Morgan fingerprint density at radius 1 is 1.40 bits per heavy atom. The number of amides is 2. The van der Waals surface area contributed by atoms with Crippen LogP contribution in [0.4, 0.5) is 4.39 Å². The molecule has 0 unspecified atom stereocenters. The lowest BCUT2D eigenvalue weighted by Crippen LogP contribution is -2.39. The summed E-state index contributed by atoms with van der Waals surface area (Å²) in [5.74, 6) is -2.06. The highest BCUT2D eigenvalue weighted by Crippen LogP contribution is 2.16. The Morgan fingerprint density at radius 2 is 2.10 bits per heavy atom. The van der Waals surface area contributed by atoms with Crippen molar-refractivity contribution >= 4 is 29.6 Å². The van der Waals surface area contributed by atoms with Crippen LogP contribution in [0.5, 0.6) is 0 Å². The lowest BCUT2D eigenvalue weighted by atomic mass is 10.2. The fourth-order valence-corrected chi connectivity index (χ4v) is 1.43. The maximum absolute atomic E-state index is 13.4. The predicted molar refractivity (Wildman–Crippen MR) is 75.0 cm³/mol. The minimum atomic E-state index is -0.922. The van der Waals surface area contributed by atoms with Crippen molar-refractivity contribution in [3.8, 4) is 0 Å². The Labute approximate surface area is 121 Å². The third-order valence-electron chi connectivity index (χ3n) is 2.24. The van der Waals surface area contributed by atoms with Gasteiger partial charge in [-0.15, -0.1) is 0 Å². The number of rotatable bonds is 4. The smallest absolute Gasteiger partial charge is 0.329 e. The van der Waals surface area contributed by atoms with E-state index in [0.29, 0.717) is 6.54 Å². The number of hydrazone groups is 1. The molecule has 5 nitrogen and oxygen atoms in total. The molecule has 2 N–H and O–H groups in total. The third kappa shape index (κ3) is 4.97. The van der Waals surface area contributed by atoms with Crippen LogP contribution in [-0.4, -0.2) is 24.6 Å². The van der Waals surface area contributed by atoms with Crippen molar-refractivity contribution in [2.75, 3.05) is 6.54 Å². The summed E-state index contributed by atoms with van der Waals surface area (Å²) < 4.78 is 13.4. The van der Waals surface area contributed by atoms with E-state index >= 15 is 0 Å². The molecule has 0 spiro atoms. The van der Waals surface area contributed by atoms with E-state index in [4.69, 9.17) is 11.6 Å². The summed E-state index contributed by atoms with van der Waals surface area (Å²) in [5.41, 5.74) is 2.04. The predicted octanol–water partition coefficient (Wildman–Crippen LogP) is 1.70. The molecule has 0 bridgehead atoms. The highest BCUT2D eigenvalue weighted by molar-refractivity contribution is 6.35. The van der Waals surface area contributed by atoms with Gasteiger partial charge in [-0.1, -0.05) is 31.5 Å². The van der Waals surface area contributed by atoms with E-state index in [1.807, 2.05) is 19.3 Å². The number of nitrogens with zero attached hydrogens (tertiary/aromatic N) is 1.